The average Bonchev–Trinajstić information content (AvgIpc) is 2.55. The quantitative estimate of drug-likeness (QED) is 0.830. The van der Waals surface area contributed by atoms with Crippen LogP contribution in [0.3, 0.4) is 0 Å². The minimum absolute atomic E-state index is 0.0576. The van der Waals surface area contributed by atoms with Crippen LogP contribution in [-0.4, -0.2) is 30.8 Å². The number of carbonyl (C=O) groups excluding carboxylic acids is 1. The summed E-state index contributed by atoms with van der Waals surface area (Å²) in [4.78, 5) is 22.8. The molecule has 0 aliphatic heterocycles. The van der Waals surface area contributed by atoms with Gasteiger partial charge in [-0.2, -0.15) is 0 Å². The van der Waals surface area contributed by atoms with Crippen LogP contribution in [0.2, 0.25) is 0 Å². The maximum Gasteiger partial charge on any atom is 0.338 e. The smallest absolute Gasteiger partial charge is 0.338 e. The predicted octanol–water partition coefficient (Wildman–Crippen LogP) is 2.79. The largest absolute Gasteiger partial charge is 0.497 e. The summed E-state index contributed by atoms with van der Waals surface area (Å²) in [5.74, 6) is -0.866. The fourth-order valence-electron chi connectivity index (χ4n) is 1.95. The van der Waals surface area contributed by atoms with Gasteiger partial charge >= 0.3 is 11.9 Å². The van der Waals surface area contributed by atoms with Crippen molar-refractivity contribution in [3.05, 3.63) is 65.2 Å². The van der Waals surface area contributed by atoms with Gasteiger partial charge in [-0.05, 0) is 35.9 Å². The molecule has 0 radical (unpaired) electrons. The third kappa shape index (κ3) is 4.09. The van der Waals surface area contributed by atoms with Crippen LogP contribution in [0.15, 0.2) is 48.5 Å². The highest BCUT2D eigenvalue weighted by Gasteiger charge is 2.10. The molecule has 22 heavy (non-hydrogen) atoms. The van der Waals surface area contributed by atoms with E-state index in [4.69, 9.17) is 14.6 Å². The van der Waals surface area contributed by atoms with Crippen molar-refractivity contribution in [2.75, 3.05) is 13.7 Å². The van der Waals surface area contributed by atoms with Crippen molar-refractivity contribution in [1.82, 2.24) is 0 Å². The highest BCUT2D eigenvalue weighted by atomic mass is 16.5. The normalized spacial score (nSPS) is 10.0. The number of rotatable bonds is 6. The molecule has 0 spiro atoms. The molecule has 0 amide bonds. The molecule has 0 aliphatic carbocycles. The van der Waals surface area contributed by atoms with E-state index in [2.05, 4.69) is 0 Å². The lowest BCUT2D eigenvalue weighted by atomic mass is 10.1. The van der Waals surface area contributed by atoms with Crippen molar-refractivity contribution in [2.24, 2.45) is 0 Å². The number of carboxylic acid groups (broad SMARTS) is 1. The highest BCUT2D eigenvalue weighted by molar-refractivity contribution is 5.94. The maximum absolute atomic E-state index is 11.9. The lowest BCUT2D eigenvalue weighted by molar-refractivity contribution is 0.0509. The Bertz CT molecular complexity index is 678. The molecule has 2 aromatic rings. The number of methoxy groups -OCH3 is 1. The Morgan fingerprint density at radius 1 is 1.05 bits per heavy atom. The van der Waals surface area contributed by atoms with E-state index < -0.39 is 11.9 Å². The molecule has 2 rings (SSSR count). The van der Waals surface area contributed by atoms with E-state index >= 15 is 0 Å². The van der Waals surface area contributed by atoms with Gasteiger partial charge in [0.2, 0.25) is 0 Å². The topological polar surface area (TPSA) is 72.8 Å². The zero-order valence-electron chi connectivity index (χ0n) is 12.1. The summed E-state index contributed by atoms with van der Waals surface area (Å²) in [6.07, 6.45) is 0.557. The van der Waals surface area contributed by atoms with Crippen molar-refractivity contribution >= 4 is 11.9 Å². The van der Waals surface area contributed by atoms with Crippen LogP contribution in [0.4, 0.5) is 0 Å². The van der Waals surface area contributed by atoms with Crippen molar-refractivity contribution in [3.8, 4) is 5.75 Å². The minimum atomic E-state index is -1.08. The molecule has 1 N–H and O–H groups in total. The van der Waals surface area contributed by atoms with Gasteiger partial charge in [0.25, 0.3) is 0 Å². The molecule has 0 saturated heterocycles. The second kappa shape index (κ2) is 7.26. The van der Waals surface area contributed by atoms with E-state index in [1.54, 1.807) is 7.11 Å². The molecule has 2 aromatic carbocycles. The highest BCUT2D eigenvalue weighted by Crippen LogP contribution is 2.13. The van der Waals surface area contributed by atoms with Crippen molar-refractivity contribution in [1.29, 1.82) is 0 Å². The second-order valence-electron chi connectivity index (χ2n) is 4.62. The third-order valence-electron chi connectivity index (χ3n) is 3.10. The Kier molecular flexibility index (Phi) is 5.14. The fourth-order valence-corrected chi connectivity index (χ4v) is 1.95. The molecule has 0 bridgehead atoms. The first kappa shape index (κ1) is 15.6. The number of carboxylic acids is 1. The van der Waals surface area contributed by atoms with Crippen LogP contribution in [0.1, 0.15) is 26.3 Å². The monoisotopic (exact) mass is 300 g/mol. The third-order valence-corrected chi connectivity index (χ3v) is 3.10. The molecule has 0 fully saturated rings. The zero-order valence-corrected chi connectivity index (χ0v) is 12.1. The Morgan fingerprint density at radius 3 is 2.50 bits per heavy atom. The number of aromatic carboxylic acids is 1. The molecule has 114 valence electrons. The van der Waals surface area contributed by atoms with Gasteiger partial charge in [0.1, 0.15) is 5.75 Å². The second-order valence-corrected chi connectivity index (χ2v) is 4.62. The van der Waals surface area contributed by atoms with Gasteiger partial charge in [0, 0.05) is 6.42 Å². The molecule has 0 saturated carbocycles. The molecule has 5 nitrogen and oxygen atoms in total. The summed E-state index contributed by atoms with van der Waals surface area (Å²) < 4.78 is 10.3. The Hall–Kier alpha value is -2.82. The van der Waals surface area contributed by atoms with Crippen molar-refractivity contribution in [2.45, 2.75) is 6.42 Å². The zero-order chi connectivity index (χ0) is 15.9. The minimum Gasteiger partial charge on any atom is -0.497 e. The predicted molar refractivity (Wildman–Crippen MR) is 80.4 cm³/mol. The summed E-state index contributed by atoms with van der Waals surface area (Å²) in [7, 11) is 1.59. The summed E-state index contributed by atoms with van der Waals surface area (Å²) in [5.41, 5.74) is 1.28. The van der Waals surface area contributed by atoms with E-state index in [0.717, 1.165) is 11.3 Å². The first-order chi connectivity index (χ1) is 10.6. The van der Waals surface area contributed by atoms with Gasteiger partial charge in [-0.15, -0.1) is 0 Å². The lowest BCUT2D eigenvalue weighted by Gasteiger charge is -2.07. The Balaban J connectivity index is 1.92. The lowest BCUT2D eigenvalue weighted by Crippen LogP contribution is -2.09. The number of benzene rings is 2. The van der Waals surface area contributed by atoms with E-state index in [1.807, 2.05) is 24.3 Å². The van der Waals surface area contributed by atoms with Crippen LogP contribution >= 0.6 is 0 Å². The number of ether oxygens (including phenoxy) is 2. The SMILES string of the molecule is COc1cccc(CCOC(=O)c2cccc(C(=O)O)c2)c1. The number of esters is 1. The Morgan fingerprint density at radius 2 is 1.77 bits per heavy atom. The summed E-state index contributed by atoms with van der Waals surface area (Å²) >= 11 is 0. The first-order valence-electron chi connectivity index (χ1n) is 6.73. The van der Waals surface area contributed by atoms with Crippen LogP contribution in [-0.2, 0) is 11.2 Å². The van der Waals surface area contributed by atoms with Gasteiger partial charge < -0.3 is 14.6 Å². The molecular weight excluding hydrogens is 284 g/mol. The number of hydrogen-bond donors (Lipinski definition) is 1. The van der Waals surface area contributed by atoms with Gasteiger partial charge in [-0.25, -0.2) is 9.59 Å². The summed E-state index contributed by atoms with van der Waals surface area (Å²) in [6.45, 7) is 0.212. The standard InChI is InChI=1S/C17H16O5/c1-21-15-7-2-4-12(10-15)8-9-22-17(20)14-6-3-5-13(11-14)16(18)19/h2-7,10-11H,8-9H2,1H3,(H,18,19). The van der Waals surface area contributed by atoms with Crippen LogP contribution in [0.5, 0.6) is 5.75 Å². The maximum atomic E-state index is 11.9. The summed E-state index contributed by atoms with van der Waals surface area (Å²) in [5, 5.41) is 8.90. The van der Waals surface area contributed by atoms with Gasteiger partial charge in [-0.1, -0.05) is 18.2 Å². The van der Waals surface area contributed by atoms with E-state index in [1.165, 1.54) is 24.3 Å². The van der Waals surface area contributed by atoms with E-state index in [9.17, 15) is 9.59 Å². The average molecular weight is 300 g/mol. The van der Waals surface area contributed by atoms with Crippen molar-refractivity contribution in [3.63, 3.8) is 0 Å². The van der Waals surface area contributed by atoms with Gasteiger partial charge in [-0.3, -0.25) is 0 Å². The van der Waals surface area contributed by atoms with Gasteiger partial charge in [0.15, 0.2) is 0 Å². The molecule has 0 aliphatic rings. The Labute approximate surface area is 128 Å². The number of hydrogen-bond acceptors (Lipinski definition) is 4. The fraction of sp³-hybridized carbons (Fsp3) is 0.176. The molecule has 0 heterocycles. The molecule has 0 aromatic heterocycles. The summed E-state index contributed by atoms with van der Waals surface area (Å²) in [6, 6.07) is 13.3. The van der Waals surface area contributed by atoms with E-state index in [-0.39, 0.29) is 17.7 Å². The molecule has 5 heteroatoms. The van der Waals surface area contributed by atoms with Gasteiger partial charge in [0.05, 0.1) is 24.8 Å². The van der Waals surface area contributed by atoms with Crippen LogP contribution in [0, 0.1) is 0 Å². The van der Waals surface area contributed by atoms with Crippen molar-refractivity contribution < 1.29 is 24.2 Å². The van der Waals surface area contributed by atoms with Crippen LogP contribution < -0.4 is 4.74 Å². The molecular formula is C17H16O5. The first-order valence-corrected chi connectivity index (χ1v) is 6.73. The van der Waals surface area contributed by atoms with Crippen LogP contribution in [0.25, 0.3) is 0 Å². The molecule has 0 unspecified atom stereocenters. The molecule has 0 atom stereocenters. The number of carbonyl (C=O) groups is 2. The van der Waals surface area contributed by atoms with E-state index in [0.29, 0.717) is 6.42 Å².